The molecule has 0 radical (unpaired) electrons. The lowest BCUT2D eigenvalue weighted by atomic mass is 10.0. The summed E-state index contributed by atoms with van der Waals surface area (Å²) in [6.45, 7) is 6.55. The Balaban J connectivity index is 1.50. The van der Waals surface area contributed by atoms with E-state index in [2.05, 4.69) is 30.3 Å². The number of nitrogens with one attached hydrogen (secondary N) is 3. The maximum absolute atomic E-state index is 13.6. The van der Waals surface area contributed by atoms with Gasteiger partial charge in [0.2, 0.25) is 16.0 Å². The SMILES string of the molecule is Cc1cc([C@@H](C)Nc2ccc(Cl)nc2C(=O)NS(C)(=O)=O)c2nc(N3CCN(c4ccn[nH]4)CC3)n(C)c(=O)c2c1. The minimum Gasteiger partial charge on any atom is -0.377 e. The highest BCUT2D eigenvalue weighted by molar-refractivity contribution is 7.89. The number of aromatic amines is 1. The van der Waals surface area contributed by atoms with E-state index in [4.69, 9.17) is 16.6 Å². The number of benzene rings is 1. The number of carbonyl (C=O) groups is 1. The largest absolute Gasteiger partial charge is 0.377 e. The van der Waals surface area contributed by atoms with E-state index >= 15 is 0 Å². The number of hydrogen-bond acceptors (Lipinski definition) is 10. The molecule has 0 bridgehead atoms. The maximum atomic E-state index is 13.6. The van der Waals surface area contributed by atoms with E-state index in [-0.39, 0.29) is 22.1 Å². The maximum Gasteiger partial charge on any atom is 0.285 e. The third-order valence-electron chi connectivity index (χ3n) is 6.91. The van der Waals surface area contributed by atoms with Gasteiger partial charge in [-0.2, -0.15) is 5.10 Å². The van der Waals surface area contributed by atoms with Crippen molar-refractivity contribution in [3.05, 3.63) is 68.9 Å². The lowest BCUT2D eigenvalue weighted by Gasteiger charge is -2.36. The Bertz CT molecular complexity index is 1780. The molecule has 1 aromatic carbocycles. The van der Waals surface area contributed by atoms with Crippen molar-refractivity contribution in [3.8, 4) is 0 Å². The highest BCUT2D eigenvalue weighted by atomic mass is 35.5. The Hall–Kier alpha value is -4.17. The summed E-state index contributed by atoms with van der Waals surface area (Å²) in [6, 6.07) is 8.28. The van der Waals surface area contributed by atoms with Crippen LogP contribution in [0.3, 0.4) is 0 Å². The Kier molecular flexibility index (Phi) is 7.62. The number of amides is 1. The van der Waals surface area contributed by atoms with Gasteiger partial charge in [0.1, 0.15) is 11.0 Å². The van der Waals surface area contributed by atoms with Gasteiger partial charge >= 0.3 is 0 Å². The normalized spacial score (nSPS) is 14.8. The standard InChI is InChI=1S/C26H30ClN9O4S/c1-15-13-17(16(2)29-19-5-6-20(27)30-23(19)24(37)33-41(4,39)40)22-18(14-15)25(38)34(3)26(31-22)36-11-9-35(10-12-36)21-7-8-28-32-21/h5-8,13-14,16,29H,9-12H2,1-4H3,(H,28,32)(H,33,37)/t16-/m1/s1. The Labute approximate surface area is 241 Å². The molecule has 1 fully saturated rings. The van der Waals surface area contributed by atoms with Crippen LogP contribution < -0.4 is 25.4 Å². The summed E-state index contributed by atoms with van der Waals surface area (Å²) in [6.07, 6.45) is 2.60. The van der Waals surface area contributed by atoms with E-state index in [9.17, 15) is 18.0 Å². The monoisotopic (exact) mass is 599 g/mol. The Morgan fingerprint density at radius 2 is 1.80 bits per heavy atom. The van der Waals surface area contributed by atoms with Crippen LogP contribution in [0.5, 0.6) is 0 Å². The van der Waals surface area contributed by atoms with Crippen LogP contribution in [-0.4, -0.2) is 71.5 Å². The number of piperazine rings is 1. The number of aromatic nitrogens is 5. The number of fused-ring (bicyclic) bond motifs is 1. The summed E-state index contributed by atoms with van der Waals surface area (Å²) in [7, 11) is -2.10. The quantitative estimate of drug-likeness (QED) is 0.269. The van der Waals surface area contributed by atoms with Crippen LogP contribution in [0.1, 0.15) is 34.6 Å². The topological polar surface area (TPSA) is 158 Å². The van der Waals surface area contributed by atoms with Gasteiger partial charge < -0.3 is 15.1 Å². The number of H-pyrrole nitrogens is 1. The summed E-state index contributed by atoms with van der Waals surface area (Å²) >= 11 is 6.02. The molecule has 216 valence electrons. The highest BCUT2D eigenvalue weighted by Crippen LogP contribution is 2.29. The fourth-order valence-corrected chi connectivity index (χ4v) is 5.56. The number of anilines is 3. The van der Waals surface area contributed by atoms with Crippen LogP contribution >= 0.6 is 11.6 Å². The number of pyridine rings is 1. The molecule has 4 aromatic rings. The van der Waals surface area contributed by atoms with Crippen LogP contribution in [0, 0.1) is 6.92 Å². The number of sulfonamides is 1. The van der Waals surface area contributed by atoms with Crippen LogP contribution in [0.25, 0.3) is 10.9 Å². The van der Waals surface area contributed by atoms with Crippen molar-refractivity contribution in [3.63, 3.8) is 0 Å². The van der Waals surface area contributed by atoms with Crippen molar-refractivity contribution in [2.75, 3.05) is 47.6 Å². The molecule has 15 heteroatoms. The number of hydrogen-bond donors (Lipinski definition) is 3. The first-order valence-corrected chi connectivity index (χ1v) is 15.1. The third-order valence-corrected chi connectivity index (χ3v) is 7.68. The first-order valence-electron chi connectivity index (χ1n) is 12.9. The minimum atomic E-state index is -3.83. The zero-order valence-corrected chi connectivity index (χ0v) is 24.5. The van der Waals surface area contributed by atoms with Crippen molar-refractivity contribution >= 4 is 55.9 Å². The second kappa shape index (κ2) is 11.0. The summed E-state index contributed by atoms with van der Waals surface area (Å²) in [4.78, 5) is 39.6. The molecule has 41 heavy (non-hydrogen) atoms. The molecule has 3 aromatic heterocycles. The van der Waals surface area contributed by atoms with Crippen molar-refractivity contribution in [2.45, 2.75) is 19.9 Å². The summed E-state index contributed by atoms with van der Waals surface area (Å²) in [5.41, 5.74) is 2.07. The Morgan fingerprint density at radius 1 is 1.10 bits per heavy atom. The van der Waals surface area contributed by atoms with Gasteiger partial charge in [0.15, 0.2) is 5.69 Å². The van der Waals surface area contributed by atoms with Crippen molar-refractivity contribution in [2.24, 2.45) is 7.05 Å². The lowest BCUT2D eigenvalue weighted by molar-refractivity contribution is 0.0977. The number of aryl methyl sites for hydroxylation is 1. The molecule has 1 atom stereocenters. The molecular formula is C26H30ClN9O4S. The average Bonchev–Trinajstić information content (AvgIpc) is 3.46. The second-order valence-corrected chi connectivity index (χ2v) is 12.2. The van der Waals surface area contributed by atoms with Gasteiger partial charge in [-0.1, -0.05) is 17.7 Å². The van der Waals surface area contributed by atoms with Gasteiger partial charge in [0, 0.05) is 44.9 Å². The van der Waals surface area contributed by atoms with E-state index in [0.29, 0.717) is 29.9 Å². The van der Waals surface area contributed by atoms with Crippen LogP contribution in [-0.2, 0) is 17.1 Å². The van der Waals surface area contributed by atoms with Gasteiger partial charge in [-0.3, -0.25) is 19.3 Å². The predicted octanol–water partition coefficient (Wildman–Crippen LogP) is 2.20. The van der Waals surface area contributed by atoms with E-state index < -0.39 is 22.0 Å². The second-order valence-electron chi connectivity index (χ2n) is 10.0. The van der Waals surface area contributed by atoms with Crippen molar-refractivity contribution in [1.29, 1.82) is 0 Å². The fraction of sp³-hybridized carbons (Fsp3) is 0.346. The van der Waals surface area contributed by atoms with Gasteiger partial charge in [-0.25, -0.2) is 23.1 Å². The van der Waals surface area contributed by atoms with Gasteiger partial charge in [0.25, 0.3) is 11.5 Å². The van der Waals surface area contributed by atoms with Gasteiger partial charge in [-0.05, 0) is 37.6 Å². The van der Waals surface area contributed by atoms with E-state index in [1.807, 2.05) is 36.8 Å². The molecule has 1 aliphatic heterocycles. The minimum absolute atomic E-state index is 0.0327. The van der Waals surface area contributed by atoms with Crippen molar-refractivity contribution in [1.82, 2.24) is 29.5 Å². The van der Waals surface area contributed by atoms with E-state index in [1.54, 1.807) is 23.9 Å². The zero-order chi connectivity index (χ0) is 29.5. The third kappa shape index (κ3) is 5.98. The Morgan fingerprint density at radius 3 is 2.46 bits per heavy atom. The number of rotatable bonds is 7. The van der Waals surface area contributed by atoms with Crippen LogP contribution in [0.2, 0.25) is 5.15 Å². The van der Waals surface area contributed by atoms with Crippen LogP contribution in [0.15, 0.2) is 41.3 Å². The average molecular weight is 600 g/mol. The van der Waals surface area contributed by atoms with E-state index in [0.717, 1.165) is 36.3 Å². The molecule has 0 spiro atoms. The molecule has 0 unspecified atom stereocenters. The molecular weight excluding hydrogens is 570 g/mol. The number of carbonyl (C=O) groups excluding carboxylic acids is 1. The zero-order valence-electron chi connectivity index (χ0n) is 23.0. The summed E-state index contributed by atoms with van der Waals surface area (Å²) in [5, 5.41) is 10.8. The smallest absolute Gasteiger partial charge is 0.285 e. The molecule has 1 aliphatic rings. The molecule has 0 saturated carbocycles. The molecule has 1 amide bonds. The fourth-order valence-electron chi connectivity index (χ4n) is 4.98. The first kappa shape index (κ1) is 28.4. The van der Waals surface area contributed by atoms with Gasteiger partial charge in [-0.15, -0.1) is 0 Å². The number of halogens is 1. The molecule has 1 saturated heterocycles. The molecule has 13 nitrogen and oxygen atoms in total. The van der Waals surface area contributed by atoms with Crippen molar-refractivity contribution < 1.29 is 13.2 Å². The lowest BCUT2D eigenvalue weighted by Crippen LogP contribution is -2.48. The highest BCUT2D eigenvalue weighted by Gasteiger charge is 2.25. The van der Waals surface area contributed by atoms with Gasteiger partial charge in [0.05, 0.1) is 35.1 Å². The molecule has 4 heterocycles. The number of nitrogens with zero attached hydrogens (tertiary/aromatic N) is 6. The molecule has 0 aliphatic carbocycles. The summed E-state index contributed by atoms with van der Waals surface area (Å²) < 4.78 is 26.9. The van der Waals surface area contributed by atoms with Crippen LogP contribution in [0.4, 0.5) is 17.5 Å². The molecule has 3 N–H and O–H groups in total. The van der Waals surface area contributed by atoms with E-state index in [1.165, 1.54) is 6.07 Å². The molecule has 5 rings (SSSR count). The summed E-state index contributed by atoms with van der Waals surface area (Å²) in [5.74, 6) is 0.594. The first-order chi connectivity index (χ1) is 19.4. The predicted molar refractivity (Wildman–Crippen MR) is 158 cm³/mol.